The number of hydrogen-bond donors (Lipinski definition) is 2. The molecule has 22 heavy (non-hydrogen) atoms. The van der Waals surface area contributed by atoms with Crippen LogP contribution in [0.4, 0.5) is 0 Å². The SMILES string of the molecule is CC(C)CC[C@H](O)[C@H](N)c1ccc2c(c1)Cc1ccccc1-2. The average Bonchev–Trinajstić information content (AvgIpc) is 2.89. The van der Waals surface area contributed by atoms with Gasteiger partial charge in [0.05, 0.1) is 12.1 Å². The van der Waals surface area contributed by atoms with Crippen LogP contribution in [0.1, 0.15) is 49.4 Å². The van der Waals surface area contributed by atoms with Gasteiger partial charge in [0.1, 0.15) is 0 Å². The Bertz CT molecular complexity index is 663. The first-order valence-electron chi connectivity index (χ1n) is 8.21. The van der Waals surface area contributed by atoms with Crippen molar-refractivity contribution in [2.45, 2.75) is 45.3 Å². The maximum Gasteiger partial charge on any atom is 0.0732 e. The van der Waals surface area contributed by atoms with Crippen molar-refractivity contribution in [3.05, 3.63) is 59.2 Å². The largest absolute Gasteiger partial charge is 0.391 e. The summed E-state index contributed by atoms with van der Waals surface area (Å²) in [7, 11) is 0. The van der Waals surface area contributed by atoms with Crippen molar-refractivity contribution in [3.8, 4) is 11.1 Å². The minimum atomic E-state index is -0.468. The standard InChI is InChI=1S/C20H25NO/c1-13(2)7-10-19(22)20(21)15-8-9-18-16(12-15)11-14-5-3-4-6-17(14)18/h3-6,8-9,12-13,19-20,22H,7,10-11,21H2,1-2H3/t19-,20+/m0/s1. The smallest absolute Gasteiger partial charge is 0.0732 e. The monoisotopic (exact) mass is 295 g/mol. The molecule has 2 nitrogen and oxygen atoms in total. The number of rotatable bonds is 5. The van der Waals surface area contributed by atoms with Crippen LogP contribution in [0.15, 0.2) is 42.5 Å². The Morgan fingerprint density at radius 3 is 2.50 bits per heavy atom. The fourth-order valence-electron chi connectivity index (χ4n) is 3.28. The van der Waals surface area contributed by atoms with Gasteiger partial charge in [-0.2, -0.15) is 0 Å². The Morgan fingerprint density at radius 1 is 1.00 bits per heavy atom. The first-order valence-corrected chi connectivity index (χ1v) is 8.21. The number of aliphatic hydroxyl groups excluding tert-OH is 1. The molecule has 0 aliphatic heterocycles. The Morgan fingerprint density at radius 2 is 1.73 bits per heavy atom. The first kappa shape index (κ1) is 15.3. The van der Waals surface area contributed by atoms with Crippen LogP contribution in [0.5, 0.6) is 0 Å². The van der Waals surface area contributed by atoms with Crippen molar-refractivity contribution in [1.29, 1.82) is 0 Å². The molecule has 3 N–H and O–H groups in total. The Kier molecular flexibility index (Phi) is 4.32. The lowest BCUT2D eigenvalue weighted by Gasteiger charge is -2.20. The van der Waals surface area contributed by atoms with E-state index in [0.717, 1.165) is 24.8 Å². The van der Waals surface area contributed by atoms with Gasteiger partial charge in [0.25, 0.3) is 0 Å². The number of benzene rings is 2. The van der Waals surface area contributed by atoms with Crippen molar-refractivity contribution < 1.29 is 5.11 Å². The molecule has 0 aromatic heterocycles. The molecule has 2 atom stereocenters. The van der Waals surface area contributed by atoms with Gasteiger partial charge in [-0.3, -0.25) is 0 Å². The molecular weight excluding hydrogens is 270 g/mol. The fourth-order valence-corrected chi connectivity index (χ4v) is 3.28. The summed E-state index contributed by atoms with van der Waals surface area (Å²) in [5, 5.41) is 10.3. The van der Waals surface area contributed by atoms with Crippen molar-refractivity contribution >= 4 is 0 Å². The fraction of sp³-hybridized carbons (Fsp3) is 0.400. The third-order valence-corrected chi connectivity index (χ3v) is 4.66. The van der Waals surface area contributed by atoms with Gasteiger partial charge in [-0.1, -0.05) is 56.3 Å². The van der Waals surface area contributed by atoms with Crippen LogP contribution in [-0.2, 0) is 6.42 Å². The van der Waals surface area contributed by atoms with Crippen LogP contribution in [0.25, 0.3) is 11.1 Å². The van der Waals surface area contributed by atoms with E-state index in [2.05, 4.69) is 56.3 Å². The molecule has 0 bridgehead atoms. The van der Waals surface area contributed by atoms with Crippen molar-refractivity contribution in [2.24, 2.45) is 11.7 Å². The summed E-state index contributed by atoms with van der Waals surface area (Å²) >= 11 is 0. The van der Waals surface area contributed by atoms with Crippen LogP contribution in [0.2, 0.25) is 0 Å². The van der Waals surface area contributed by atoms with Crippen LogP contribution >= 0.6 is 0 Å². The third kappa shape index (κ3) is 2.94. The number of hydrogen-bond acceptors (Lipinski definition) is 2. The summed E-state index contributed by atoms with van der Waals surface area (Å²) in [4.78, 5) is 0. The second-order valence-corrected chi connectivity index (χ2v) is 6.81. The third-order valence-electron chi connectivity index (χ3n) is 4.66. The van der Waals surface area contributed by atoms with Crippen molar-refractivity contribution in [1.82, 2.24) is 0 Å². The van der Waals surface area contributed by atoms with Crippen LogP contribution in [-0.4, -0.2) is 11.2 Å². The molecule has 3 rings (SSSR count). The predicted molar refractivity (Wildman–Crippen MR) is 91.7 cm³/mol. The minimum Gasteiger partial charge on any atom is -0.391 e. The average molecular weight is 295 g/mol. The highest BCUT2D eigenvalue weighted by Gasteiger charge is 2.22. The minimum absolute atomic E-state index is 0.298. The first-order chi connectivity index (χ1) is 10.6. The summed E-state index contributed by atoms with van der Waals surface area (Å²) in [5.41, 5.74) is 12.7. The highest BCUT2D eigenvalue weighted by molar-refractivity contribution is 5.77. The molecule has 0 saturated carbocycles. The lowest BCUT2D eigenvalue weighted by molar-refractivity contribution is 0.128. The van der Waals surface area contributed by atoms with Gasteiger partial charge in [-0.05, 0) is 53.0 Å². The van der Waals surface area contributed by atoms with Gasteiger partial charge in [0.2, 0.25) is 0 Å². The van der Waals surface area contributed by atoms with Gasteiger partial charge >= 0.3 is 0 Å². The second kappa shape index (κ2) is 6.23. The molecule has 0 fully saturated rings. The molecule has 0 radical (unpaired) electrons. The predicted octanol–water partition coefficient (Wildman–Crippen LogP) is 4.05. The highest BCUT2D eigenvalue weighted by Crippen LogP contribution is 2.37. The lowest BCUT2D eigenvalue weighted by Crippen LogP contribution is -2.26. The lowest BCUT2D eigenvalue weighted by atomic mass is 9.93. The molecule has 0 heterocycles. The molecule has 2 heteroatoms. The van der Waals surface area contributed by atoms with Crippen LogP contribution in [0, 0.1) is 5.92 Å². The zero-order valence-corrected chi connectivity index (χ0v) is 13.4. The molecular formula is C20H25NO. The van der Waals surface area contributed by atoms with E-state index < -0.39 is 6.10 Å². The van der Waals surface area contributed by atoms with Crippen molar-refractivity contribution in [2.75, 3.05) is 0 Å². The van der Waals surface area contributed by atoms with Gasteiger partial charge in [-0.25, -0.2) is 0 Å². The van der Waals surface area contributed by atoms with E-state index in [9.17, 15) is 5.11 Å². The quantitative estimate of drug-likeness (QED) is 0.746. The summed E-state index contributed by atoms with van der Waals surface area (Å²) in [6.07, 6.45) is 2.26. The zero-order chi connectivity index (χ0) is 15.7. The van der Waals surface area contributed by atoms with E-state index in [-0.39, 0.29) is 6.04 Å². The van der Waals surface area contributed by atoms with E-state index in [4.69, 9.17) is 5.73 Å². The molecule has 0 spiro atoms. The molecule has 1 aliphatic carbocycles. The number of aliphatic hydroxyl groups is 1. The van der Waals surface area contributed by atoms with E-state index in [1.807, 2.05) is 0 Å². The topological polar surface area (TPSA) is 46.2 Å². The number of fused-ring (bicyclic) bond motifs is 3. The van der Waals surface area contributed by atoms with E-state index in [1.54, 1.807) is 0 Å². The molecule has 2 aromatic carbocycles. The maximum absolute atomic E-state index is 10.3. The Balaban J connectivity index is 1.79. The van der Waals surface area contributed by atoms with E-state index >= 15 is 0 Å². The Labute approximate surface area is 133 Å². The highest BCUT2D eigenvalue weighted by atomic mass is 16.3. The normalized spacial score (nSPS) is 15.5. The summed E-state index contributed by atoms with van der Waals surface area (Å²) < 4.78 is 0. The summed E-state index contributed by atoms with van der Waals surface area (Å²) in [5.74, 6) is 0.594. The van der Waals surface area contributed by atoms with E-state index in [0.29, 0.717) is 5.92 Å². The van der Waals surface area contributed by atoms with Crippen LogP contribution < -0.4 is 5.73 Å². The van der Waals surface area contributed by atoms with Gasteiger partial charge in [0, 0.05) is 0 Å². The summed E-state index contributed by atoms with van der Waals surface area (Å²) in [6.45, 7) is 4.34. The number of nitrogens with two attached hydrogens (primary N) is 1. The molecule has 0 unspecified atom stereocenters. The van der Waals surface area contributed by atoms with Crippen LogP contribution in [0.3, 0.4) is 0 Å². The van der Waals surface area contributed by atoms with E-state index in [1.165, 1.54) is 22.3 Å². The second-order valence-electron chi connectivity index (χ2n) is 6.81. The molecule has 0 amide bonds. The summed E-state index contributed by atoms with van der Waals surface area (Å²) in [6, 6.07) is 14.7. The van der Waals surface area contributed by atoms with Gasteiger partial charge in [0.15, 0.2) is 0 Å². The van der Waals surface area contributed by atoms with Gasteiger partial charge < -0.3 is 10.8 Å². The molecule has 2 aromatic rings. The maximum atomic E-state index is 10.3. The molecule has 116 valence electrons. The van der Waals surface area contributed by atoms with Gasteiger partial charge in [-0.15, -0.1) is 0 Å². The molecule has 0 saturated heterocycles. The zero-order valence-electron chi connectivity index (χ0n) is 13.4. The molecule has 1 aliphatic rings. The Hall–Kier alpha value is -1.64. The van der Waals surface area contributed by atoms with Crippen molar-refractivity contribution in [3.63, 3.8) is 0 Å².